The maximum absolute atomic E-state index is 8.47. The SMILES string of the molecule is CNCC=CC[SiH](O)O. The topological polar surface area (TPSA) is 52.5 Å². The van der Waals surface area contributed by atoms with Crippen LogP contribution in [-0.4, -0.2) is 32.5 Å². The molecule has 3 nitrogen and oxygen atoms in total. The number of hydrogen-bond acceptors (Lipinski definition) is 3. The van der Waals surface area contributed by atoms with E-state index in [-0.39, 0.29) is 0 Å². The molecule has 54 valence electrons. The molecule has 0 heterocycles. The zero-order valence-electron chi connectivity index (χ0n) is 5.54. The van der Waals surface area contributed by atoms with Gasteiger partial charge in [-0.15, -0.1) is 0 Å². The Morgan fingerprint density at radius 1 is 1.44 bits per heavy atom. The van der Waals surface area contributed by atoms with E-state index in [4.69, 9.17) is 9.59 Å². The number of nitrogens with one attached hydrogen (secondary N) is 1. The van der Waals surface area contributed by atoms with E-state index >= 15 is 0 Å². The van der Waals surface area contributed by atoms with Crippen molar-refractivity contribution < 1.29 is 9.59 Å². The standard InChI is InChI=1S/C5H13NO2Si/c1-6-4-2-3-5-9(7)8/h2-3,6-9H,4-5H2,1H3. The lowest BCUT2D eigenvalue weighted by Crippen LogP contribution is -2.09. The molecule has 0 unspecified atom stereocenters. The van der Waals surface area contributed by atoms with Gasteiger partial charge in [-0.1, -0.05) is 12.2 Å². The van der Waals surface area contributed by atoms with Crippen LogP contribution in [0.25, 0.3) is 0 Å². The molecule has 0 aliphatic carbocycles. The first-order chi connectivity index (χ1) is 4.27. The lowest BCUT2D eigenvalue weighted by Gasteiger charge is -1.91. The predicted molar refractivity (Wildman–Crippen MR) is 39.5 cm³/mol. The maximum atomic E-state index is 8.47. The molecule has 3 N–H and O–H groups in total. The van der Waals surface area contributed by atoms with Gasteiger partial charge in [0.25, 0.3) is 0 Å². The molecule has 9 heavy (non-hydrogen) atoms. The quantitative estimate of drug-likeness (QED) is 0.352. The Bertz CT molecular complexity index is 85.0. The van der Waals surface area contributed by atoms with Crippen LogP contribution in [0.4, 0.5) is 0 Å². The molecule has 0 radical (unpaired) electrons. The minimum atomic E-state index is -2.33. The molecule has 0 saturated heterocycles. The van der Waals surface area contributed by atoms with Crippen LogP contribution >= 0.6 is 0 Å². The van der Waals surface area contributed by atoms with Crippen LogP contribution in [0.5, 0.6) is 0 Å². The summed E-state index contributed by atoms with van der Waals surface area (Å²) < 4.78 is 0. The van der Waals surface area contributed by atoms with Crippen LogP contribution < -0.4 is 5.32 Å². The Hall–Kier alpha value is -0.163. The van der Waals surface area contributed by atoms with Gasteiger partial charge >= 0.3 is 9.28 Å². The van der Waals surface area contributed by atoms with Gasteiger partial charge in [-0.25, -0.2) is 0 Å². The van der Waals surface area contributed by atoms with Crippen LogP contribution in [0.15, 0.2) is 12.2 Å². The van der Waals surface area contributed by atoms with Gasteiger partial charge in [0, 0.05) is 12.6 Å². The molecule has 0 aromatic rings. The summed E-state index contributed by atoms with van der Waals surface area (Å²) >= 11 is 0. The smallest absolute Gasteiger partial charge is 0.319 e. The molecule has 0 spiro atoms. The molecule has 0 aromatic heterocycles. The van der Waals surface area contributed by atoms with Crippen molar-refractivity contribution in [1.82, 2.24) is 5.32 Å². The fourth-order valence-corrected chi connectivity index (χ4v) is 0.855. The van der Waals surface area contributed by atoms with Crippen molar-refractivity contribution in [2.24, 2.45) is 0 Å². The number of hydrogen-bond donors (Lipinski definition) is 3. The van der Waals surface area contributed by atoms with Crippen LogP contribution in [0.3, 0.4) is 0 Å². The van der Waals surface area contributed by atoms with E-state index < -0.39 is 9.28 Å². The summed E-state index contributed by atoms with van der Waals surface area (Å²) in [5, 5.41) is 2.91. The monoisotopic (exact) mass is 147 g/mol. The van der Waals surface area contributed by atoms with E-state index in [1.54, 1.807) is 6.08 Å². The minimum absolute atomic E-state index is 0.446. The third-order valence-corrected chi connectivity index (χ3v) is 1.53. The molecule has 0 aliphatic rings. The first kappa shape index (κ1) is 8.84. The van der Waals surface area contributed by atoms with E-state index in [0.717, 1.165) is 6.54 Å². The first-order valence-corrected chi connectivity index (χ1v) is 4.78. The van der Waals surface area contributed by atoms with Crippen molar-refractivity contribution in [3.05, 3.63) is 12.2 Å². The lowest BCUT2D eigenvalue weighted by molar-refractivity contribution is 0.411. The van der Waals surface area contributed by atoms with Crippen molar-refractivity contribution in [3.63, 3.8) is 0 Å². The summed E-state index contributed by atoms with van der Waals surface area (Å²) in [6.07, 6.45) is 3.67. The van der Waals surface area contributed by atoms with Gasteiger partial charge in [0.1, 0.15) is 0 Å². The average molecular weight is 147 g/mol. The minimum Gasteiger partial charge on any atom is -0.413 e. The van der Waals surface area contributed by atoms with Crippen LogP contribution in [-0.2, 0) is 0 Å². The highest BCUT2D eigenvalue weighted by Crippen LogP contribution is 1.84. The molecule has 0 saturated carbocycles. The van der Waals surface area contributed by atoms with Crippen LogP contribution in [0.2, 0.25) is 6.04 Å². The first-order valence-electron chi connectivity index (χ1n) is 2.93. The summed E-state index contributed by atoms with van der Waals surface area (Å²) in [6, 6.07) is 0.446. The molecule has 0 atom stereocenters. The van der Waals surface area contributed by atoms with Crippen molar-refractivity contribution in [2.45, 2.75) is 6.04 Å². The predicted octanol–water partition coefficient (Wildman–Crippen LogP) is -1.03. The van der Waals surface area contributed by atoms with Gasteiger partial charge in [-0.2, -0.15) is 0 Å². The molecule has 0 aliphatic heterocycles. The fraction of sp³-hybridized carbons (Fsp3) is 0.600. The average Bonchev–Trinajstić information content (AvgIpc) is 1.80. The van der Waals surface area contributed by atoms with E-state index in [2.05, 4.69) is 5.32 Å². The molecule has 0 aromatic carbocycles. The Morgan fingerprint density at radius 3 is 2.56 bits per heavy atom. The summed E-state index contributed by atoms with van der Waals surface area (Å²) in [7, 11) is -0.483. The third kappa shape index (κ3) is 7.84. The van der Waals surface area contributed by atoms with Gasteiger partial charge in [0.05, 0.1) is 0 Å². The number of likely N-dealkylation sites (N-methyl/N-ethyl adjacent to an activating group) is 1. The second-order valence-electron chi connectivity index (χ2n) is 1.75. The van der Waals surface area contributed by atoms with E-state index in [1.807, 2.05) is 13.1 Å². The summed E-state index contributed by atoms with van der Waals surface area (Å²) in [5.41, 5.74) is 0. The highest BCUT2D eigenvalue weighted by atomic mass is 28.3. The molecule has 0 bridgehead atoms. The maximum Gasteiger partial charge on any atom is 0.319 e. The normalized spacial score (nSPS) is 11.6. The third-order valence-electron chi connectivity index (χ3n) is 0.836. The Kier molecular flexibility index (Phi) is 5.86. The molecule has 4 heteroatoms. The fourth-order valence-electron chi connectivity index (χ4n) is 0.419. The Balaban J connectivity index is 3.04. The van der Waals surface area contributed by atoms with Gasteiger partial charge in [0.15, 0.2) is 0 Å². The van der Waals surface area contributed by atoms with Crippen LogP contribution in [0.1, 0.15) is 0 Å². The van der Waals surface area contributed by atoms with E-state index in [9.17, 15) is 0 Å². The molecule has 0 rings (SSSR count). The highest BCUT2D eigenvalue weighted by molar-refractivity contribution is 6.41. The van der Waals surface area contributed by atoms with Gasteiger partial charge in [-0.05, 0) is 7.05 Å². The second kappa shape index (κ2) is 5.96. The van der Waals surface area contributed by atoms with Crippen molar-refractivity contribution in [2.75, 3.05) is 13.6 Å². The van der Waals surface area contributed by atoms with E-state index in [0.29, 0.717) is 6.04 Å². The second-order valence-corrected chi connectivity index (χ2v) is 3.18. The lowest BCUT2D eigenvalue weighted by atomic mass is 10.5. The van der Waals surface area contributed by atoms with Gasteiger partial charge < -0.3 is 14.9 Å². The number of allylic oxidation sites excluding steroid dienone is 1. The highest BCUT2D eigenvalue weighted by Gasteiger charge is 1.94. The summed E-state index contributed by atoms with van der Waals surface area (Å²) in [4.78, 5) is 16.9. The molecule has 0 amide bonds. The summed E-state index contributed by atoms with van der Waals surface area (Å²) in [5.74, 6) is 0. The molecule has 0 fully saturated rings. The van der Waals surface area contributed by atoms with Gasteiger partial charge in [0.2, 0.25) is 0 Å². The Labute approximate surface area is 56.9 Å². The Morgan fingerprint density at radius 2 is 2.11 bits per heavy atom. The van der Waals surface area contributed by atoms with Crippen molar-refractivity contribution >= 4 is 9.28 Å². The van der Waals surface area contributed by atoms with Gasteiger partial charge in [-0.3, -0.25) is 0 Å². The zero-order chi connectivity index (χ0) is 7.11. The van der Waals surface area contributed by atoms with Crippen molar-refractivity contribution in [1.29, 1.82) is 0 Å². The van der Waals surface area contributed by atoms with Crippen molar-refractivity contribution in [3.8, 4) is 0 Å². The zero-order valence-corrected chi connectivity index (χ0v) is 6.70. The summed E-state index contributed by atoms with van der Waals surface area (Å²) in [6.45, 7) is 0.793. The number of rotatable bonds is 4. The molecular weight excluding hydrogens is 134 g/mol. The van der Waals surface area contributed by atoms with E-state index in [1.165, 1.54) is 0 Å². The van der Waals surface area contributed by atoms with Crippen LogP contribution in [0, 0.1) is 0 Å². The molecular formula is C5H13NO2Si. The largest absolute Gasteiger partial charge is 0.413 e.